The number of rotatable bonds is 0. The normalized spacial score (nSPS) is 21.9. The van der Waals surface area contributed by atoms with Crippen LogP contribution in [0.4, 0.5) is 5.69 Å². The lowest BCUT2D eigenvalue weighted by Crippen LogP contribution is -2.49. The second-order valence-corrected chi connectivity index (χ2v) is 4.66. The van der Waals surface area contributed by atoms with Gasteiger partial charge in [0.2, 0.25) is 5.78 Å². The zero-order valence-electron chi connectivity index (χ0n) is 8.70. The number of fused-ring (bicyclic) bond motifs is 1. The van der Waals surface area contributed by atoms with E-state index in [4.69, 9.17) is 9.47 Å². The van der Waals surface area contributed by atoms with Crippen molar-refractivity contribution in [1.82, 2.24) is 0 Å². The van der Waals surface area contributed by atoms with E-state index in [1.807, 2.05) is 25.2 Å². The third-order valence-corrected chi connectivity index (χ3v) is 3.65. The lowest BCUT2D eigenvalue weighted by Gasteiger charge is -2.29. The first kappa shape index (κ1) is 10.3. The molecule has 0 unspecified atom stereocenters. The van der Waals surface area contributed by atoms with E-state index in [-0.39, 0.29) is 5.78 Å². The molecule has 3 rings (SSSR count). The Hall–Kier alpha value is -0.910. The van der Waals surface area contributed by atoms with Crippen LogP contribution in [-0.2, 0) is 9.47 Å². The molecule has 0 radical (unpaired) electrons. The van der Waals surface area contributed by atoms with Gasteiger partial charge in [-0.2, -0.15) is 0 Å². The lowest BCUT2D eigenvalue weighted by molar-refractivity contribution is -0.113. The van der Waals surface area contributed by atoms with E-state index in [9.17, 15) is 4.79 Å². The first-order valence-corrected chi connectivity index (χ1v) is 5.81. The molecule has 0 aliphatic carbocycles. The predicted molar refractivity (Wildman–Crippen MR) is 61.5 cm³/mol. The summed E-state index contributed by atoms with van der Waals surface area (Å²) in [6.07, 6.45) is 0. The van der Waals surface area contributed by atoms with Crippen molar-refractivity contribution in [3.05, 3.63) is 28.2 Å². The molecule has 1 aromatic rings. The van der Waals surface area contributed by atoms with Gasteiger partial charge in [-0.3, -0.25) is 4.79 Å². The standard InChI is InChI=1S/C11H10BrNO3/c1-13-8-4-2-3-7(12)9(8)10(14)11(13)15-5-6-16-11/h2-4H,5-6H2,1H3. The summed E-state index contributed by atoms with van der Waals surface area (Å²) in [6.45, 7) is 0.892. The molecule has 2 aliphatic rings. The predicted octanol–water partition coefficient (Wildman–Crippen LogP) is 1.78. The van der Waals surface area contributed by atoms with Crippen LogP contribution in [0.15, 0.2) is 22.7 Å². The van der Waals surface area contributed by atoms with Gasteiger partial charge in [0.15, 0.2) is 0 Å². The van der Waals surface area contributed by atoms with Gasteiger partial charge in [0.25, 0.3) is 0 Å². The molecule has 0 saturated carbocycles. The number of carbonyl (C=O) groups excluding carboxylic acids is 1. The van der Waals surface area contributed by atoms with Crippen molar-refractivity contribution in [3.63, 3.8) is 0 Å². The molecule has 0 aromatic heterocycles. The molecule has 0 bridgehead atoms. The quantitative estimate of drug-likeness (QED) is 0.728. The highest BCUT2D eigenvalue weighted by Gasteiger charge is 2.55. The largest absolute Gasteiger partial charge is 0.324 e. The molecule has 0 amide bonds. The van der Waals surface area contributed by atoms with Crippen LogP contribution in [0.2, 0.25) is 0 Å². The maximum absolute atomic E-state index is 12.3. The summed E-state index contributed by atoms with van der Waals surface area (Å²) in [7, 11) is 1.81. The Bertz CT molecular complexity index is 468. The van der Waals surface area contributed by atoms with Crippen LogP contribution in [0.5, 0.6) is 0 Å². The number of anilines is 1. The number of carbonyl (C=O) groups is 1. The first-order valence-electron chi connectivity index (χ1n) is 5.02. The molecule has 1 fully saturated rings. The molecule has 2 aliphatic heterocycles. The van der Waals surface area contributed by atoms with E-state index >= 15 is 0 Å². The van der Waals surface area contributed by atoms with Crippen LogP contribution in [-0.4, -0.2) is 32.0 Å². The van der Waals surface area contributed by atoms with Crippen molar-refractivity contribution >= 4 is 27.4 Å². The maximum Gasteiger partial charge on any atom is 0.319 e. The van der Waals surface area contributed by atoms with E-state index in [0.29, 0.717) is 18.8 Å². The van der Waals surface area contributed by atoms with Gasteiger partial charge in [-0.05, 0) is 28.1 Å². The molecular weight excluding hydrogens is 274 g/mol. The number of hydrogen-bond donors (Lipinski definition) is 0. The van der Waals surface area contributed by atoms with Crippen molar-refractivity contribution in [2.45, 2.75) is 5.91 Å². The Kier molecular flexibility index (Phi) is 2.11. The Morgan fingerprint density at radius 1 is 1.38 bits per heavy atom. The topological polar surface area (TPSA) is 38.8 Å². The molecule has 5 heteroatoms. The fourth-order valence-electron chi connectivity index (χ4n) is 2.21. The zero-order valence-corrected chi connectivity index (χ0v) is 10.3. The highest BCUT2D eigenvalue weighted by molar-refractivity contribution is 9.10. The van der Waals surface area contributed by atoms with Crippen molar-refractivity contribution in [1.29, 1.82) is 0 Å². The number of ether oxygens (including phenoxy) is 2. The molecule has 1 saturated heterocycles. The minimum Gasteiger partial charge on any atom is -0.324 e. The smallest absolute Gasteiger partial charge is 0.319 e. The number of ketones is 1. The fraction of sp³-hybridized carbons (Fsp3) is 0.364. The van der Waals surface area contributed by atoms with Gasteiger partial charge in [0.05, 0.1) is 24.5 Å². The highest BCUT2D eigenvalue weighted by atomic mass is 79.9. The fourth-order valence-corrected chi connectivity index (χ4v) is 2.75. The summed E-state index contributed by atoms with van der Waals surface area (Å²) in [6, 6.07) is 5.62. The number of benzene rings is 1. The number of Topliss-reactive ketones (excluding diaryl/α,β-unsaturated/α-hetero) is 1. The van der Waals surface area contributed by atoms with Crippen LogP contribution in [0.3, 0.4) is 0 Å². The summed E-state index contributed by atoms with van der Waals surface area (Å²) in [5.74, 6) is -1.36. The van der Waals surface area contributed by atoms with E-state index in [2.05, 4.69) is 15.9 Å². The minimum absolute atomic E-state index is 0.130. The van der Waals surface area contributed by atoms with Gasteiger partial charge in [-0.25, -0.2) is 0 Å². The number of likely N-dealkylation sites (N-methyl/N-ethyl adjacent to an activating group) is 1. The maximum atomic E-state index is 12.3. The molecule has 4 nitrogen and oxygen atoms in total. The number of hydrogen-bond acceptors (Lipinski definition) is 4. The minimum atomic E-state index is -1.23. The molecule has 1 spiro atoms. The van der Waals surface area contributed by atoms with Crippen LogP contribution < -0.4 is 4.90 Å². The Labute approximate surface area is 101 Å². The average molecular weight is 284 g/mol. The van der Waals surface area contributed by atoms with Crippen LogP contribution in [0.1, 0.15) is 10.4 Å². The van der Waals surface area contributed by atoms with Gasteiger partial charge in [0, 0.05) is 11.5 Å². The van der Waals surface area contributed by atoms with Gasteiger partial charge in [0.1, 0.15) is 0 Å². The summed E-state index contributed by atoms with van der Waals surface area (Å²) in [4.78, 5) is 14.1. The monoisotopic (exact) mass is 283 g/mol. The van der Waals surface area contributed by atoms with Crippen LogP contribution >= 0.6 is 15.9 Å². The zero-order chi connectivity index (χ0) is 11.3. The first-order chi connectivity index (χ1) is 7.67. The van der Waals surface area contributed by atoms with Gasteiger partial charge in [-0.15, -0.1) is 0 Å². The second kappa shape index (κ2) is 3.29. The third-order valence-electron chi connectivity index (χ3n) is 2.99. The van der Waals surface area contributed by atoms with Crippen LogP contribution in [0, 0.1) is 0 Å². The van der Waals surface area contributed by atoms with Gasteiger partial charge in [-0.1, -0.05) is 6.07 Å². The highest BCUT2D eigenvalue weighted by Crippen LogP contribution is 2.43. The average Bonchev–Trinajstić information content (AvgIpc) is 2.83. The van der Waals surface area contributed by atoms with E-state index in [1.165, 1.54) is 0 Å². The van der Waals surface area contributed by atoms with Crippen molar-refractivity contribution in [3.8, 4) is 0 Å². The van der Waals surface area contributed by atoms with E-state index in [1.54, 1.807) is 4.90 Å². The number of halogens is 1. The van der Waals surface area contributed by atoms with E-state index < -0.39 is 5.91 Å². The Balaban J connectivity index is 2.20. The summed E-state index contributed by atoms with van der Waals surface area (Å²) < 4.78 is 11.8. The van der Waals surface area contributed by atoms with Gasteiger partial charge >= 0.3 is 5.91 Å². The van der Waals surface area contributed by atoms with Crippen molar-refractivity contribution in [2.75, 3.05) is 25.2 Å². The summed E-state index contributed by atoms with van der Waals surface area (Å²) in [5.41, 5.74) is 1.47. The summed E-state index contributed by atoms with van der Waals surface area (Å²) >= 11 is 3.39. The molecule has 2 heterocycles. The SMILES string of the molecule is CN1c2cccc(Br)c2C(=O)C12OCCO2. The molecule has 0 N–H and O–H groups in total. The Morgan fingerprint density at radius 2 is 2.06 bits per heavy atom. The van der Waals surface area contributed by atoms with E-state index in [0.717, 1.165) is 10.2 Å². The van der Waals surface area contributed by atoms with Crippen molar-refractivity contribution in [2.24, 2.45) is 0 Å². The third kappa shape index (κ3) is 1.08. The van der Waals surface area contributed by atoms with Crippen LogP contribution in [0.25, 0.3) is 0 Å². The summed E-state index contributed by atoms with van der Waals surface area (Å²) in [5, 5.41) is 0. The number of nitrogens with zero attached hydrogens (tertiary/aromatic N) is 1. The molecule has 16 heavy (non-hydrogen) atoms. The second-order valence-electron chi connectivity index (χ2n) is 3.80. The molecule has 84 valence electrons. The molecule has 0 atom stereocenters. The molecule has 1 aromatic carbocycles. The van der Waals surface area contributed by atoms with Gasteiger partial charge < -0.3 is 14.4 Å². The molecular formula is C11H10BrNO3. The Morgan fingerprint density at radius 3 is 2.69 bits per heavy atom. The lowest BCUT2D eigenvalue weighted by atomic mass is 10.1. The van der Waals surface area contributed by atoms with Crippen molar-refractivity contribution < 1.29 is 14.3 Å².